The summed E-state index contributed by atoms with van der Waals surface area (Å²) < 4.78 is 46.1. The number of amides is 1. The number of hydrogen-bond donors (Lipinski definition) is 2. The molecule has 1 amide bonds. The lowest BCUT2D eigenvalue weighted by Gasteiger charge is -2.35. The highest BCUT2D eigenvalue weighted by atomic mass is 127. The molecule has 1 fully saturated rings. The quantitative estimate of drug-likeness (QED) is 0.250. The lowest BCUT2D eigenvalue weighted by Crippen LogP contribution is -2.48. The van der Waals surface area contributed by atoms with E-state index in [4.69, 9.17) is 4.74 Å². The Hall–Kier alpha value is -2.34. The van der Waals surface area contributed by atoms with Gasteiger partial charge in [-0.05, 0) is 37.1 Å². The van der Waals surface area contributed by atoms with Crippen LogP contribution < -0.4 is 10.6 Å². The van der Waals surface area contributed by atoms with E-state index >= 15 is 0 Å². The summed E-state index contributed by atoms with van der Waals surface area (Å²) in [6, 6.07) is 9.71. The number of nitrogens with zero attached hydrogens (tertiary/aromatic N) is 2. The second-order valence-electron chi connectivity index (χ2n) is 7.10. The van der Waals surface area contributed by atoms with Crippen LogP contribution in [0.3, 0.4) is 0 Å². The van der Waals surface area contributed by atoms with Crippen molar-refractivity contribution >= 4 is 41.5 Å². The van der Waals surface area contributed by atoms with Crippen molar-refractivity contribution in [3.05, 3.63) is 65.0 Å². The standard InChI is InChI=1S/C22H25F3N4O2.HI/c1-3-26-22(27-12-19(30)28-17-9-8-16(23)20(24)21(17)25)29-10-11-31-18(13-29)15-7-5-4-6-14(15)2;/h4-9,18H,3,10-13H2,1-2H3,(H,26,27)(H,28,30);1H. The first kappa shape index (κ1) is 25.9. The molecule has 2 aromatic carbocycles. The van der Waals surface area contributed by atoms with Crippen LogP contribution in [0, 0.1) is 24.4 Å². The highest BCUT2D eigenvalue weighted by Gasteiger charge is 2.25. The predicted molar refractivity (Wildman–Crippen MR) is 128 cm³/mol. The Morgan fingerprint density at radius 2 is 1.94 bits per heavy atom. The molecule has 0 radical (unpaired) electrons. The van der Waals surface area contributed by atoms with Crippen LogP contribution in [0.15, 0.2) is 41.4 Å². The molecule has 0 saturated carbocycles. The van der Waals surface area contributed by atoms with Gasteiger partial charge in [0.15, 0.2) is 23.4 Å². The first-order chi connectivity index (χ1) is 14.9. The minimum Gasteiger partial charge on any atom is -0.370 e. The molecule has 1 saturated heterocycles. The van der Waals surface area contributed by atoms with Crippen LogP contribution in [0.5, 0.6) is 0 Å². The summed E-state index contributed by atoms with van der Waals surface area (Å²) in [4.78, 5) is 18.5. The first-order valence-corrected chi connectivity index (χ1v) is 10.0. The Bertz CT molecular complexity index is 974. The number of hydrogen-bond acceptors (Lipinski definition) is 3. The number of carbonyl (C=O) groups excluding carboxylic acids is 1. The maximum atomic E-state index is 13.8. The van der Waals surface area contributed by atoms with Crippen LogP contribution >= 0.6 is 24.0 Å². The Labute approximate surface area is 202 Å². The van der Waals surface area contributed by atoms with Crippen LogP contribution in [0.1, 0.15) is 24.2 Å². The molecule has 10 heteroatoms. The van der Waals surface area contributed by atoms with Gasteiger partial charge in [0.05, 0.1) is 18.8 Å². The molecule has 1 aliphatic rings. The lowest BCUT2D eigenvalue weighted by molar-refractivity contribution is -0.114. The summed E-state index contributed by atoms with van der Waals surface area (Å²) >= 11 is 0. The van der Waals surface area contributed by atoms with Crippen LogP contribution in [-0.4, -0.2) is 49.6 Å². The molecular formula is C22H26F3IN4O2. The van der Waals surface area contributed by atoms with E-state index in [2.05, 4.69) is 15.6 Å². The smallest absolute Gasteiger partial charge is 0.246 e. The molecular weight excluding hydrogens is 536 g/mol. The molecule has 0 bridgehead atoms. The minimum absolute atomic E-state index is 0. The van der Waals surface area contributed by atoms with E-state index in [1.165, 1.54) is 0 Å². The van der Waals surface area contributed by atoms with Crippen LogP contribution in [0.4, 0.5) is 18.9 Å². The fourth-order valence-corrected chi connectivity index (χ4v) is 3.36. The van der Waals surface area contributed by atoms with E-state index in [0.717, 1.165) is 23.3 Å². The predicted octanol–water partition coefficient (Wildman–Crippen LogP) is 4.01. The molecule has 3 rings (SSSR count). The molecule has 32 heavy (non-hydrogen) atoms. The van der Waals surface area contributed by atoms with Gasteiger partial charge in [-0.25, -0.2) is 18.2 Å². The zero-order valence-corrected chi connectivity index (χ0v) is 20.2. The van der Waals surface area contributed by atoms with E-state index in [9.17, 15) is 18.0 Å². The summed E-state index contributed by atoms with van der Waals surface area (Å²) in [6.07, 6.45) is -0.135. The Kier molecular flexibility index (Phi) is 9.76. The second-order valence-corrected chi connectivity index (χ2v) is 7.10. The monoisotopic (exact) mass is 562 g/mol. The largest absolute Gasteiger partial charge is 0.370 e. The summed E-state index contributed by atoms with van der Waals surface area (Å²) in [6.45, 7) is 5.85. The molecule has 2 aromatic rings. The van der Waals surface area contributed by atoms with E-state index < -0.39 is 29.0 Å². The fourth-order valence-electron chi connectivity index (χ4n) is 3.36. The maximum Gasteiger partial charge on any atom is 0.246 e. The van der Waals surface area contributed by atoms with Gasteiger partial charge in [0.2, 0.25) is 5.91 Å². The Balaban J connectivity index is 0.00000363. The highest BCUT2D eigenvalue weighted by molar-refractivity contribution is 14.0. The lowest BCUT2D eigenvalue weighted by atomic mass is 10.0. The number of morpholine rings is 1. The third-order valence-corrected chi connectivity index (χ3v) is 4.92. The number of anilines is 1. The summed E-state index contributed by atoms with van der Waals surface area (Å²) in [5, 5.41) is 5.36. The number of aryl methyl sites for hydroxylation is 1. The number of nitrogens with one attached hydrogen (secondary N) is 2. The number of rotatable bonds is 5. The van der Waals surface area contributed by atoms with Crippen LogP contribution in [0.2, 0.25) is 0 Å². The molecule has 2 N–H and O–H groups in total. The molecule has 0 aliphatic carbocycles. The van der Waals surface area contributed by atoms with E-state index in [-0.39, 0.29) is 36.6 Å². The number of carbonyl (C=O) groups is 1. The van der Waals surface area contributed by atoms with Crippen LogP contribution in [0.25, 0.3) is 0 Å². The van der Waals surface area contributed by atoms with E-state index in [1.807, 2.05) is 43.0 Å². The summed E-state index contributed by atoms with van der Waals surface area (Å²) in [7, 11) is 0. The van der Waals surface area contributed by atoms with Gasteiger partial charge in [0, 0.05) is 13.1 Å². The molecule has 1 unspecified atom stereocenters. The molecule has 0 spiro atoms. The van der Waals surface area contributed by atoms with Crippen molar-refractivity contribution in [1.29, 1.82) is 0 Å². The van der Waals surface area contributed by atoms with Gasteiger partial charge in [-0.3, -0.25) is 4.79 Å². The normalized spacial score (nSPS) is 16.3. The van der Waals surface area contributed by atoms with Crippen molar-refractivity contribution in [3.63, 3.8) is 0 Å². The SMILES string of the molecule is CCNC(=NCC(=O)Nc1ccc(F)c(F)c1F)N1CCOC(c2ccccc2C)C1.I. The van der Waals surface area contributed by atoms with Crippen molar-refractivity contribution in [3.8, 4) is 0 Å². The van der Waals surface area contributed by atoms with Crippen molar-refractivity contribution < 1.29 is 22.7 Å². The molecule has 1 aliphatic heterocycles. The highest BCUT2D eigenvalue weighted by Crippen LogP contribution is 2.25. The minimum atomic E-state index is -1.63. The number of benzene rings is 2. The van der Waals surface area contributed by atoms with Crippen molar-refractivity contribution in [2.24, 2.45) is 4.99 Å². The van der Waals surface area contributed by atoms with Gasteiger partial charge >= 0.3 is 0 Å². The molecule has 1 heterocycles. The van der Waals surface area contributed by atoms with Crippen molar-refractivity contribution in [2.75, 3.05) is 38.1 Å². The number of ether oxygens (including phenoxy) is 1. The zero-order chi connectivity index (χ0) is 22.4. The fraction of sp³-hybridized carbons (Fsp3) is 0.364. The van der Waals surface area contributed by atoms with Gasteiger partial charge in [0.1, 0.15) is 12.6 Å². The first-order valence-electron chi connectivity index (χ1n) is 10.0. The average Bonchev–Trinajstić information content (AvgIpc) is 2.77. The Morgan fingerprint density at radius 1 is 1.19 bits per heavy atom. The second kappa shape index (κ2) is 12.0. The molecule has 6 nitrogen and oxygen atoms in total. The van der Waals surface area contributed by atoms with E-state index in [1.54, 1.807) is 0 Å². The number of aliphatic imine (C=N–C) groups is 1. The van der Waals surface area contributed by atoms with Gasteiger partial charge in [-0.15, -0.1) is 24.0 Å². The molecule has 1 atom stereocenters. The summed E-state index contributed by atoms with van der Waals surface area (Å²) in [5.41, 5.74) is 1.79. The third-order valence-electron chi connectivity index (χ3n) is 4.92. The van der Waals surface area contributed by atoms with Gasteiger partial charge in [0.25, 0.3) is 0 Å². The third kappa shape index (κ3) is 6.35. The zero-order valence-electron chi connectivity index (χ0n) is 17.8. The maximum absolute atomic E-state index is 13.8. The number of guanidine groups is 1. The number of halogens is 4. The van der Waals surface area contributed by atoms with Gasteiger partial charge in [-0.2, -0.15) is 0 Å². The molecule has 174 valence electrons. The molecule has 0 aromatic heterocycles. The van der Waals surface area contributed by atoms with Crippen LogP contribution in [-0.2, 0) is 9.53 Å². The average molecular weight is 562 g/mol. The van der Waals surface area contributed by atoms with E-state index in [0.29, 0.717) is 32.2 Å². The van der Waals surface area contributed by atoms with Crippen molar-refractivity contribution in [1.82, 2.24) is 10.2 Å². The topological polar surface area (TPSA) is 66.0 Å². The van der Waals surface area contributed by atoms with Gasteiger partial charge in [-0.1, -0.05) is 24.3 Å². The Morgan fingerprint density at radius 3 is 2.66 bits per heavy atom. The van der Waals surface area contributed by atoms with Gasteiger partial charge < -0.3 is 20.3 Å². The summed E-state index contributed by atoms with van der Waals surface area (Å²) in [5.74, 6) is -4.53. The van der Waals surface area contributed by atoms with Crippen molar-refractivity contribution in [2.45, 2.75) is 20.0 Å².